The van der Waals surface area contributed by atoms with Crippen LogP contribution in [-0.4, -0.2) is 46.7 Å². The van der Waals surface area contributed by atoms with Crippen molar-refractivity contribution >= 4 is 23.4 Å². The summed E-state index contributed by atoms with van der Waals surface area (Å²) in [5.41, 5.74) is 2.84. The fourth-order valence-corrected chi connectivity index (χ4v) is 4.72. The number of hydrogen-bond donors (Lipinski definition) is 2. The molecule has 6 nitrogen and oxygen atoms in total. The van der Waals surface area contributed by atoms with Crippen molar-refractivity contribution < 1.29 is 14.7 Å². The molecular weight excluding hydrogens is 390 g/mol. The lowest BCUT2D eigenvalue weighted by Crippen LogP contribution is -2.63. The van der Waals surface area contributed by atoms with Gasteiger partial charge in [-0.15, -0.1) is 0 Å². The Labute approximate surface area is 184 Å². The molecule has 2 aromatic rings. The van der Waals surface area contributed by atoms with Crippen LogP contribution >= 0.6 is 0 Å². The average Bonchev–Trinajstić information content (AvgIpc) is 2.75. The molecule has 0 unspecified atom stereocenters. The van der Waals surface area contributed by atoms with Crippen LogP contribution in [0.5, 0.6) is 0 Å². The van der Waals surface area contributed by atoms with Gasteiger partial charge in [0.1, 0.15) is 5.54 Å². The average molecular weight is 424 g/mol. The van der Waals surface area contributed by atoms with Crippen molar-refractivity contribution in [2.45, 2.75) is 58.5 Å². The van der Waals surface area contributed by atoms with Gasteiger partial charge in [-0.05, 0) is 75.9 Å². The number of fused-ring (bicyclic) bond motifs is 1. The van der Waals surface area contributed by atoms with Crippen molar-refractivity contribution in [1.29, 1.82) is 0 Å². The quantitative estimate of drug-likeness (QED) is 0.672. The van der Waals surface area contributed by atoms with Gasteiger partial charge in [-0.3, -0.25) is 9.69 Å². The number of nitrogens with zero attached hydrogens (tertiary/aromatic N) is 2. The second-order valence-electron chi connectivity index (χ2n) is 8.40. The molecule has 0 bridgehead atoms. The summed E-state index contributed by atoms with van der Waals surface area (Å²) in [5, 5.41) is 13.0. The van der Waals surface area contributed by atoms with Gasteiger partial charge in [0.2, 0.25) is 0 Å². The molecule has 2 aromatic carbocycles. The van der Waals surface area contributed by atoms with E-state index in [0.29, 0.717) is 24.9 Å². The van der Waals surface area contributed by atoms with E-state index in [9.17, 15) is 14.7 Å². The molecule has 1 aliphatic carbocycles. The topological polar surface area (TPSA) is 72.9 Å². The van der Waals surface area contributed by atoms with Gasteiger partial charge in [-0.1, -0.05) is 24.3 Å². The number of amides is 2. The Kier molecular flexibility index (Phi) is 6.88. The molecule has 0 aliphatic heterocycles. The molecule has 0 saturated heterocycles. The van der Waals surface area contributed by atoms with Crippen LogP contribution in [0.2, 0.25) is 0 Å². The van der Waals surface area contributed by atoms with Crippen molar-refractivity contribution in [3.63, 3.8) is 0 Å². The van der Waals surface area contributed by atoms with E-state index in [0.717, 1.165) is 24.3 Å². The summed E-state index contributed by atoms with van der Waals surface area (Å²) in [6.07, 6.45) is 0.428. The van der Waals surface area contributed by atoms with Crippen LogP contribution in [0.4, 0.5) is 16.2 Å². The number of aryl methyl sites for hydroxylation is 1. The number of carboxylic acid groups (broad SMARTS) is 1. The summed E-state index contributed by atoms with van der Waals surface area (Å²) in [4.78, 5) is 29.5. The number of carbonyl (C=O) groups is 2. The predicted molar refractivity (Wildman–Crippen MR) is 125 cm³/mol. The monoisotopic (exact) mass is 423 g/mol. The molecule has 2 amide bonds. The number of rotatable bonds is 7. The van der Waals surface area contributed by atoms with Crippen LogP contribution < -0.4 is 10.2 Å². The van der Waals surface area contributed by atoms with Gasteiger partial charge in [-0.2, -0.15) is 0 Å². The molecule has 1 atom stereocenters. The first kappa shape index (κ1) is 22.7. The highest BCUT2D eigenvalue weighted by molar-refractivity contribution is 6.00. The van der Waals surface area contributed by atoms with Crippen LogP contribution in [0.15, 0.2) is 48.5 Å². The van der Waals surface area contributed by atoms with Crippen molar-refractivity contribution in [3.05, 3.63) is 59.7 Å². The molecule has 6 heteroatoms. The zero-order valence-corrected chi connectivity index (χ0v) is 18.9. The first-order chi connectivity index (χ1) is 14.8. The Morgan fingerprint density at radius 1 is 1.03 bits per heavy atom. The Hall–Kier alpha value is -3.02. The van der Waals surface area contributed by atoms with E-state index in [1.807, 2.05) is 56.3 Å². The van der Waals surface area contributed by atoms with Gasteiger partial charge in [-0.25, -0.2) is 4.79 Å². The lowest BCUT2D eigenvalue weighted by Gasteiger charge is -2.46. The van der Waals surface area contributed by atoms with Gasteiger partial charge in [0.05, 0.1) is 0 Å². The number of benzene rings is 2. The van der Waals surface area contributed by atoms with Crippen molar-refractivity contribution in [2.75, 3.05) is 23.3 Å². The van der Waals surface area contributed by atoms with Crippen LogP contribution in [0.25, 0.3) is 0 Å². The van der Waals surface area contributed by atoms with E-state index < -0.39 is 11.6 Å². The van der Waals surface area contributed by atoms with Gasteiger partial charge in [0.15, 0.2) is 0 Å². The largest absolute Gasteiger partial charge is 0.465 e. The number of anilines is 2. The third kappa shape index (κ3) is 4.53. The molecule has 0 saturated carbocycles. The van der Waals surface area contributed by atoms with E-state index >= 15 is 0 Å². The minimum Gasteiger partial charge on any atom is -0.465 e. The number of nitrogens with one attached hydrogen (secondary N) is 1. The second kappa shape index (κ2) is 9.41. The van der Waals surface area contributed by atoms with E-state index in [2.05, 4.69) is 30.1 Å². The van der Waals surface area contributed by atoms with Crippen molar-refractivity contribution in [1.82, 2.24) is 4.90 Å². The molecule has 0 heterocycles. The summed E-state index contributed by atoms with van der Waals surface area (Å²) in [5.74, 6) is -0.270. The highest BCUT2D eigenvalue weighted by Gasteiger charge is 2.49. The van der Waals surface area contributed by atoms with Crippen molar-refractivity contribution in [3.8, 4) is 0 Å². The molecule has 0 radical (unpaired) electrons. The summed E-state index contributed by atoms with van der Waals surface area (Å²) in [6, 6.07) is 15.4. The normalized spacial score (nSPS) is 17.7. The Bertz CT molecular complexity index is 922. The maximum absolute atomic E-state index is 13.7. The number of carbonyl (C=O) groups excluding carboxylic acids is 1. The van der Waals surface area contributed by atoms with Crippen LogP contribution in [0.1, 0.15) is 45.2 Å². The first-order valence-corrected chi connectivity index (χ1v) is 11.1. The fourth-order valence-electron chi connectivity index (χ4n) is 4.72. The van der Waals surface area contributed by atoms with E-state index in [1.54, 1.807) is 0 Å². The molecule has 31 heavy (non-hydrogen) atoms. The molecule has 2 N–H and O–H groups in total. The van der Waals surface area contributed by atoms with E-state index in [-0.39, 0.29) is 11.9 Å². The minimum atomic E-state index is -1.15. The van der Waals surface area contributed by atoms with Crippen LogP contribution in [0.3, 0.4) is 0 Å². The molecular formula is C25H33N3O3. The predicted octanol–water partition coefficient (Wildman–Crippen LogP) is 4.79. The molecule has 0 spiro atoms. The van der Waals surface area contributed by atoms with Crippen molar-refractivity contribution in [2.24, 2.45) is 0 Å². The zero-order chi connectivity index (χ0) is 22.6. The molecule has 166 valence electrons. The lowest BCUT2D eigenvalue weighted by atomic mass is 9.75. The van der Waals surface area contributed by atoms with E-state index in [1.165, 1.54) is 10.5 Å². The first-order valence-electron chi connectivity index (χ1n) is 11.1. The van der Waals surface area contributed by atoms with Gasteiger partial charge < -0.3 is 15.3 Å². The standard InChI is InChI=1S/C25H33N3O3/c1-5-27(6-2)22-13-11-21(12-14-22)26-23(29)25(28(18(3)4)24(30)31)16-15-19-9-7-8-10-20(19)17-25/h7-14,18H,5-6,15-17H2,1-4H3,(H,26,29)(H,30,31)/t25-/m0/s1. The second-order valence-corrected chi connectivity index (χ2v) is 8.40. The molecule has 0 aromatic heterocycles. The Morgan fingerprint density at radius 2 is 1.65 bits per heavy atom. The molecule has 3 rings (SSSR count). The minimum absolute atomic E-state index is 0.270. The number of hydrogen-bond acceptors (Lipinski definition) is 3. The highest BCUT2D eigenvalue weighted by atomic mass is 16.4. The lowest BCUT2D eigenvalue weighted by molar-refractivity contribution is -0.129. The van der Waals surface area contributed by atoms with Crippen LogP contribution in [-0.2, 0) is 17.6 Å². The smallest absolute Gasteiger partial charge is 0.408 e. The SMILES string of the molecule is CCN(CC)c1ccc(NC(=O)[C@]2(N(C(=O)O)C(C)C)CCc3ccccc3C2)cc1. The maximum atomic E-state index is 13.7. The van der Waals surface area contributed by atoms with E-state index in [4.69, 9.17) is 0 Å². The van der Waals surface area contributed by atoms with Crippen LogP contribution in [0, 0.1) is 0 Å². The highest BCUT2D eigenvalue weighted by Crippen LogP contribution is 2.36. The summed E-state index contributed by atoms with van der Waals surface area (Å²) < 4.78 is 0. The third-order valence-electron chi connectivity index (χ3n) is 6.27. The summed E-state index contributed by atoms with van der Waals surface area (Å²) in [7, 11) is 0. The fraction of sp³-hybridized carbons (Fsp3) is 0.440. The molecule has 1 aliphatic rings. The third-order valence-corrected chi connectivity index (χ3v) is 6.27. The van der Waals surface area contributed by atoms with Gasteiger partial charge >= 0.3 is 6.09 Å². The summed E-state index contributed by atoms with van der Waals surface area (Å²) in [6.45, 7) is 9.68. The van der Waals surface area contributed by atoms with Gasteiger partial charge in [0.25, 0.3) is 5.91 Å². The van der Waals surface area contributed by atoms with Gasteiger partial charge in [0, 0.05) is 36.9 Å². The maximum Gasteiger partial charge on any atom is 0.408 e. The Morgan fingerprint density at radius 3 is 2.19 bits per heavy atom. The molecule has 0 fully saturated rings. The summed E-state index contributed by atoms with van der Waals surface area (Å²) >= 11 is 0. The Balaban J connectivity index is 1.93. The zero-order valence-electron chi connectivity index (χ0n) is 18.9.